The van der Waals surface area contributed by atoms with Crippen molar-refractivity contribution in [1.82, 2.24) is 9.78 Å². The number of anilines is 1. The average molecular weight is 211 g/mol. The molecule has 0 aliphatic heterocycles. The van der Waals surface area contributed by atoms with E-state index in [2.05, 4.69) is 5.10 Å². The van der Waals surface area contributed by atoms with E-state index < -0.39 is 5.97 Å². The lowest BCUT2D eigenvalue weighted by Crippen LogP contribution is -2.07. The summed E-state index contributed by atoms with van der Waals surface area (Å²) in [6.45, 7) is 0.968. The Hall–Kier alpha value is -1.56. The Bertz CT molecular complexity index is 371. The molecular formula is C9H13N3O3. The third kappa shape index (κ3) is 2.47. The lowest BCUT2D eigenvalue weighted by atomic mass is 10.4. The first-order chi connectivity index (χ1) is 7.16. The Morgan fingerprint density at radius 2 is 2.47 bits per heavy atom. The van der Waals surface area contributed by atoms with E-state index in [1.807, 2.05) is 0 Å². The maximum absolute atomic E-state index is 10.6. The van der Waals surface area contributed by atoms with Crippen LogP contribution in [-0.4, -0.2) is 27.5 Å². The summed E-state index contributed by atoms with van der Waals surface area (Å²) in [6, 6.07) is 0. The van der Waals surface area contributed by atoms with Gasteiger partial charge >= 0.3 is 5.97 Å². The van der Waals surface area contributed by atoms with E-state index in [0.717, 1.165) is 0 Å². The van der Waals surface area contributed by atoms with Crippen molar-refractivity contribution >= 4 is 11.7 Å². The molecule has 0 bridgehead atoms. The molecule has 1 aromatic rings. The van der Waals surface area contributed by atoms with Crippen LogP contribution in [0.5, 0.6) is 0 Å². The number of hydrogen-bond acceptors (Lipinski definition) is 4. The van der Waals surface area contributed by atoms with E-state index in [-0.39, 0.29) is 18.1 Å². The second-order valence-corrected chi connectivity index (χ2v) is 3.72. The largest absolute Gasteiger partial charge is 0.476 e. The number of aromatic carboxylic acids is 1. The molecule has 0 saturated heterocycles. The van der Waals surface area contributed by atoms with E-state index in [0.29, 0.717) is 12.5 Å². The van der Waals surface area contributed by atoms with Gasteiger partial charge in [0.1, 0.15) is 6.73 Å². The number of rotatable bonds is 5. The molecule has 82 valence electrons. The van der Waals surface area contributed by atoms with Crippen molar-refractivity contribution < 1.29 is 14.6 Å². The van der Waals surface area contributed by atoms with Gasteiger partial charge in [-0.2, -0.15) is 5.10 Å². The number of nitrogens with two attached hydrogens (primary N) is 1. The van der Waals surface area contributed by atoms with Crippen molar-refractivity contribution in [3.63, 3.8) is 0 Å². The van der Waals surface area contributed by atoms with Gasteiger partial charge in [0.05, 0.1) is 18.5 Å². The zero-order valence-electron chi connectivity index (χ0n) is 8.22. The Balaban J connectivity index is 1.89. The minimum absolute atomic E-state index is 0.120. The molecular weight excluding hydrogens is 198 g/mol. The van der Waals surface area contributed by atoms with Gasteiger partial charge in [-0.05, 0) is 18.8 Å². The Morgan fingerprint density at radius 3 is 3.00 bits per heavy atom. The van der Waals surface area contributed by atoms with E-state index >= 15 is 0 Å². The highest BCUT2D eigenvalue weighted by Gasteiger charge is 2.21. The Morgan fingerprint density at radius 1 is 1.73 bits per heavy atom. The third-order valence-corrected chi connectivity index (χ3v) is 2.27. The van der Waals surface area contributed by atoms with E-state index in [1.165, 1.54) is 23.7 Å². The van der Waals surface area contributed by atoms with Crippen molar-refractivity contribution in [2.24, 2.45) is 5.92 Å². The monoisotopic (exact) mass is 211 g/mol. The van der Waals surface area contributed by atoms with Crippen molar-refractivity contribution in [3.8, 4) is 0 Å². The van der Waals surface area contributed by atoms with Gasteiger partial charge in [-0.3, -0.25) is 0 Å². The Kier molecular flexibility index (Phi) is 2.59. The fourth-order valence-electron chi connectivity index (χ4n) is 1.27. The van der Waals surface area contributed by atoms with Gasteiger partial charge < -0.3 is 15.6 Å². The first kappa shape index (κ1) is 9.97. The number of carbonyl (C=O) groups is 1. The quantitative estimate of drug-likeness (QED) is 0.742. The zero-order valence-corrected chi connectivity index (χ0v) is 8.22. The van der Waals surface area contributed by atoms with Crippen LogP contribution in [0.15, 0.2) is 6.20 Å². The van der Waals surface area contributed by atoms with Crippen LogP contribution in [0.3, 0.4) is 0 Å². The molecule has 6 heteroatoms. The summed E-state index contributed by atoms with van der Waals surface area (Å²) in [7, 11) is 0. The molecule has 0 aromatic carbocycles. The lowest BCUT2D eigenvalue weighted by Gasteiger charge is -2.01. The summed E-state index contributed by atoms with van der Waals surface area (Å²) in [5, 5.41) is 12.5. The van der Waals surface area contributed by atoms with E-state index in [1.54, 1.807) is 0 Å². The normalized spacial score (nSPS) is 15.5. The highest BCUT2D eigenvalue weighted by molar-refractivity contribution is 5.90. The second kappa shape index (κ2) is 3.90. The van der Waals surface area contributed by atoms with Gasteiger partial charge in [0, 0.05) is 0 Å². The summed E-state index contributed by atoms with van der Waals surface area (Å²) < 4.78 is 6.75. The SMILES string of the molecule is Nc1cn(COCC2CC2)nc1C(=O)O. The van der Waals surface area contributed by atoms with Crippen LogP contribution in [0.1, 0.15) is 23.3 Å². The van der Waals surface area contributed by atoms with Crippen molar-refractivity contribution in [2.45, 2.75) is 19.6 Å². The van der Waals surface area contributed by atoms with Crippen LogP contribution in [0, 0.1) is 5.92 Å². The fraction of sp³-hybridized carbons (Fsp3) is 0.556. The molecule has 1 saturated carbocycles. The van der Waals surface area contributed by atoms with Gasteiger partial charge in [0.25, 0.3) is 0 Å². The number of aromatic nitrogens is 2. The predicted molar refractivity (Wildman–Crippen MR) is 52.3 cm³/mol. The van der Waals surface area contributed by atoms with Crippen molar-refractivity contribution in [3.05, 3.63) is 11.9 Å². The van der Waals surface area contributed by atoms with Crippen LogP contribution in [0.2, 0.25) is 0 Å². The average Bonchev–Trinajstić information content (AvgIpc) is 2.90. The van der Waals surface area contributed by atoms with Crippen molar-refractivity contribution in [2.75, 3.05) is 12.3 Å². The standard InChI is InChI=1S/C9H13N3O3/c10-7-3-12(11-8(7)9(13)14)5-15-4-6-1-2-6/h3,6H,1-2,4-5,10H2,(H,13,14). The highest BCUT2D eigenvalue weighted by atomic mass is 16.5. The fourth-order valence-corrected chi connectivity index (χ4v) is 1.27. The van der Waals surface area contributed by atoms with Gasteiger partial charge in [-0.25, -0.2) is 9.48 Å². The van der Waals surface area contributed by atoms with Crippen LogP contribution >= 0.6 is 0 Å². The van der Waals surface area contributed by atoms with E-state index in [4.69, 9.17) is 15.6 Å². The van der Waals surface area contributed by atoms with Crippen LogP contribution in [0.25, 0.3) is 0 Å². The number of hydrogen-bond donors (Lipinski definition) is 2. The highest BCUT2D eigenvalue weighted by Crippen LogP contribution is 2.28. The zero-order chi connectivity index (χ0) is 10.8. The second-order valence-electron chi connectivity index (χ2n) is 3.72. The van der Waals surface area contributed by atoms with Crippen LogP contribution < -0.4 is 5.73 Å². The summed E-state index contributed by atoms with van der Waals surface area (Å²) in [6.07, 6.45) is 3.92. The maximum atomic E-state index is 10.6. The molecule has 0 amide bonds. The van der Waals surface area contributed by atoms with Crippen LogP contribution in [-0.2, 0) is 11.5 Å². The summed E-state index contributed by atoms with van der Waals surface area (Å²) in [5.74, 6) is -0.440. The number of ether oxygens (including phenoxy) is 1. The Labute approximate surface area is 86.6 Å². The minimum atomic E-state index is -1.12. The summed E-state index contributed by atoms with van der Waals surface area (Å²) in [5.41, 5.74) is 5.51. The predicted octanol–water partition coefficient (Wildman–Crippen LogP) is 0.548. The molecule has 15 heavy (non-hydrogen) atoms. The molecule has 1 heterocycles. The topological polar surface area (TPSA) is 90.4 Å². The molecule has 2 rings (SSSR count). The number of carboxylic acids is 1. The van der Waals surface area contributed by atoms with Crippen molar-refractivity contribution in [1.29, 1.82) is 0 Å². The van der Waals surface area contributed by atoms with Gasteiger partial charge in [-0.15, -0.1) is 0 Å². The van der Waals surface area contributed by atoms with Gasteiger partial charge in [-0.1, -0.05) is 0 Å². The molecule has 3 N–H and O–H groups in total. The molecule has 1 fully saturated rings. The molecule has 1 aliphatic carbocycles. The van der Waals surface area contributed by atoms with Gasteiger partial charge in [0.15, 0.2) is 5.69 Å². The van der Waals surface area contributed by atoms with Crippen LogP contribution in [0.4, 0.5) is 5.69 Å². The third-order valence-electron chi connectivity index (χ3n) is 2.27. The lowest BCUT2D eigenvalue weighted by molar-refractivity contribution is 0.0591. The number of carboxylic acid groups (broad SMARTS) is 1. The first-order valence-electron chi connectivity index (χ1n) is 4.81. The smallest absolute Gasteiger partial charge is 0.358 e. The first-order valence-corrected chi connectivity index (χ1v) is 4.81. The molecule has 0 atom stereocenters. The molecule has 1 aromatic heterocycles. The number of nitrogen functional groups attached to an aromatic ring is 1. The maximum Gasteiger partial charge on any atom is 0.358 e. The van der Waals surface area contributed by atoms with E-state index in [9.17, 15) is 4.79 Å². The number of nitrogens with zero attached hydrogens (tertiary/aromatic N) is 2. The molecule has 1 aliphatic rings. The molecule has 6 nitrogen and oxygen atoms in total. The molecule has 0 radical (unpaired) electrons. The van der Waals surface area contributed by atoms with Gasteiger partial charge in [0.2, 0.25) is 0 Å². The molecule has 0 unspecified atom stereocenters. The molecule has 0 spiro atoms. The minimum Gasteiger partial charge on any atom is -0.476 e. The summed E-state index contributed by atoms with van der Waals surface area (Å²) >= 11 is 0. The summed E-state index contributed by atoms with van der Waals surface area (Å²) in [4.78, 5) is 10.6.